The molecule has 1 aliphatic rings. The Bertz CT molecular complexity index is 592. The summed E-state index contributed by atoms with van der Waals surface area (Å²) in [6.07, 6.45) is 1.06. The average Bonchev–Trinajstić information content (AvgIpc) is 2.48. The smallest absolute Gasteiger partial charge is 0.244 e. The average molecular weight is 296 g/mol. The summed E-state index contributed by atoms with van der Waals surface area (Å²) in [5, 5.41) is 11.6. The number of morpholine rings is 1. The van der Waals surface area contributed by atoms with Crippen LogP contribution in [0.15, 0.2) is 23.2 Å². The molecule has 1 N–H and O–H groups in total. The molecule has 108 valence electrons. The van der Waals surface area contributed by atoms with E-state index >= 15 is 0 Å². The minimum absolute atomic E-state index is 0.0987. The quantitative estimate of drug-likeness (QED) is 0.809. The number of aromatic nitrogens is 1. The second-order valence-electron chi connectivity index (χ2n) is 4.40. The Labute approximate surface area is 118 Å². The highest BCUT2D eigenvalue weighted by Crippen LogP contribution is 2.18. The zero-order chi connectivity index (χ0) is 14.6. The maximum absolute atomic E-state index is 12.5. The van der Waals surface area contributed by atoms with E-state index in [4.69, 9.17) is 10.00 Å². The van der Waals surface area contributed by atoms with Gasteiger partial charge in [0.25, 0.3) is 0 Å². The first-order valence-electron chi connectivity index (χ1n) is 6.20. The van der Waals surface area contributed by atoms with E-state index in [1.54, 1.807) is 7.05 Å². The number of nitrogens with one attached hydrogen (secondary N) is 1. The van der Waals surface area contributed by atoms with E-state index in [0.717, 1.165) is 0 Å². The van der Waals surface area contributed by atoms with Crippen molar-refractivity contribution < 1.29 is 13.2 Å². The molecular formula is C12H16N4O3S. The zero-order valence-corrected chi connectivity index (χ0v) is 11.9. The number of hydrogen-bond donors (Lipinski definition) is 1. The van der Waals surface area contributed by atoms with E-state index in [-0.39, 0.29) is 16.7 Å². The number of nitriles is 1. The summed E-state index contributed by atoms with van der Waals surface area (Å²) in [7, 11) is -1.79. The Morgan fingerprint density at radius 2 is 2.40 bits per heavy atom. The maximum Gasteiger partial charge on any atom is 0.244 e. The Hall–Kier alpha value is -1.53. The monoisotopic (exact) mass is 296 g/mol. The molecule has 0 spiro atoms. The van der Waals surface area contributed by atoms with Gasteiger partial charge in [-0.05, 0) is 19.2 Å². The molecular weight excluding hydrogens is 280 g/mol. The molecule has 0 saturated carbocycles. The molecule has 8 heteroatoms. The molecule has 0 bridgehead atoms. The third-order valence-electron chi connectivity index (χ3n) is 3.02. The van der Waals surface area contributed by atoms with Crippen LogP contribution in [0, 0.1) is 11.3 Å². The first kappa shape index (κ1) is 14.9. The van der Waals surface area contributed by atoms with Crippen LogP contribution in [0.4, 0.5) is 0 Å². The molecule has 1 aromatic heterocycles. The van der Waals surface area contributed by atoms with E-state index in [1.165, 1.54) is 22.6 Å². The van der Waals surface area contributed by atoms with Gasteiger partial charge in [0.15, 0.2) is 0 Å². The fraction of sp³-hybridized carbons (Fsp3) is 0.500. The zero-order valence-electron chi connectivity index (χ0n) is 11.1. The van der Waals surface area contributed by atoms with Crippen molar-refractivity contribution in [3.63, 3.8) is 0 Å². The summed E-state index contributed by atoms with van der Waals surface area (Å²) in [4.78, 5) is 3.90. The molecule has 1 unspecified atom stereocenters. The van der Waals surface area contributed by atoms with Crippen LogP contribution in [0.25, 0.3) is 0 Å². The van der Waals surface area contributed by atoms with E-state index < -0.39 is 10.0 Å². The van der Waals surface area contributed by atoms with Crippen molar-refractivity contribution in [2.75, 3.05) is 33.3 Å². The lowest BCUT2D eigenvalue weighted by Crippen LogP contribution is -2.48. The third kappa shape index (κ3) is 3.13. The Kier molecular flexibility index (Phi) is 4.67. The van der Waals surface area contributed by atoms with Gasteiger partial charge in [-0.2, -0.15) is 9.57 Å². The van der Waals surface area contributed by atoms with Crippen LogP contribution < -0.4 is 5.32 Å². The highest BCUT2D eigenvalue weighted by Gasteiger charge is 2.30. The Morgan fingerprint density at radius 3 is 3.00 bits per heavy atom. The topological polar surface area (TPSA) is 95.3 Å². The molecule has 1 aromatic rings. The molecule has 0 aromatic carbocycles. The van der Waals surface area contributed by atoms with Crippen LogP contribution in [0.5, 0.6) is 0 Å². The number of sulfonamides is 1. The standard InChI is InChI=1S/C12H16N4O3S/c1-14-7-11-9-16(4-5-19-11)20(17,18)12-3-2-10(6-13)15-8-12/h2-3,8,11,14H,4-5,7,9H2,1H3. The summed E-state index contributed by atoms with van der Waals surface area (Å²) in [6.45, 7) is 1.60. The SMILES string of the molecule is CNCC1CN(S(=O)(=O)c2ccc(C#N)nc2)CCO1. The largest absolute Gasteiger partial charge is 0.374 e. The van der Waals surface area contributed by atoms with Gasteiger partial charge in [0.05, 0.1) is 12.7 Å². The van der Waals surface area contributed by atoms with E-state index in [1.807, 2.05) is 6.07 Å². The van der Waals surface area contributed by atoms with Crippen molar-refractivity contribution in [1.29, 1.82) is 5.26 Å². The molecule has 2 heterocycles. The van der Waals surface area contributed by atoms with Crippen LogP contribution in [0.2, 0.25) is 0 Å². The number of rotatable bonds is 4. The third-order valence-corrected chi connectivity index (χ3v) is 4.87. The van der Waals surface area contributed by atoms with E-state index in [2.05, 4.69) is 10.3 Å². The van der Waals surface area contributed by atoms with Gasteiger partial charge in [0, 0.05) is 25.8 Å². The predicted octanol–water partition coefficient (Wildman–Crippen LogP) is -0.438. The normalized spacial score (nSPS) is 20.5. The highest BCUT2D eigenvalue weighted by atomic mass is 32.2. The molecule has 1 aliphatic heterocycles. The van der Waals surface area contributed by atoms with Crippen molar-refractivity contribution in [1.82, 2.24) is 14.6 Å². The molecule has 0 aliphatic carbocycles. The van der Waals surface area contributed by atoms with Crippen molar-refractivity contribution in [2.24, 2.45) is 0 Å². The van der Waals surface area contributed by atoms with Gasteiger partial charge in [-0.15, -0.1) is 0 Å². The van der Waals surface area contributed by atoms with Gasteiger partial charge in [-0.1, -0.05) is 0 Å². The lowest BCUT2D eigenvalue weighted by molar-refractivity contribution is 0.000818. The van der Waals surface area contributed by atoms with Crippen molar-refractivity contribution in [3.8, 4) is 6.07 Å². The fourth-order valence-corrected chi connectivity index (χ4v) is 3.41. The second-order valence-corrected chi connectivity index (χ2v) is 6.34. The number of hydrogen-bond acceptors (Lipinski definition) is 6. The summed E-state index contributed by atoms with van der Waals surface area (Å²) in [5.74, 6) is 0. The predicted molar refractivity (Wildman–Crippen MR) is 71.4 cm³/mol. The molecule has 0 radical (unpaired) electrons. The van der Waals surface area contributed by atoms with Crippen LogP contribution in [0.3, 0.4) is 0 Å². The Balaban J connectivity index is 2.18. The molecule has 20 heavy (non-hydrogen) atoms. The van der Waals surface area contributed by atoms with Gasteiger partial charge in [0.1, 0.15) is 16.7 Å². The fourth-order valence-electron chi connectivity index (χ4n) is 2.01. The van der Waals surface area contributed by atoms with Crippen molar-refractivity contribution in [2.45, 2.75) is 11.0 Å². The summed E-state index contributed by atoms with van der Waals surface area (Å²) >= 11 is 0. The number of likely N-dealkylation sites (N-methyl/N-ethyl adjacent to an activating group) is 1. The van der Waals surface area contributed by atoms with Gasteiger partial charge in [0.2, 0.25) is 10.0 Å². The number of pyridine rings is 1. The summed E-state index contributed by atoms with van der Waals surface area (Å²) in [5.41, 5.74) is 0.194. The molecule has 2 rings (SSSR count). The van der Waals surface area contributed by atoms with Crippen LogP contribution in [0.1, 0.15) is 5.69 Å². The Morgan fingerprint density at radius 1 is 1.60 bits per heavy atom. The molecule has 1 atom stereocenters. The van der Waals surface area contributed by atoms with E-state index in [0.29, 0.717) is 26.2 Å². The minimum Gasteiger partial charge on any atom is -0.374 e. The van der Waals surface area contributed by atoms with E-state index in [9.17, 15) is 8.42 Å². The van der Waals surface area contributed by atoms with Crippen LogP contribution >= 0.6 is 0 Å². The lowest BCUT2D eigenvalue weighted by Gasteiger charge is -2.31. The van der Waals surface area contributed by atoms with Gasteiger partial charge in [-0.3, -0.25) is 0 Å². The van der Waals surface area contributed by atoms with Crippen LogP contribution in [-0.4, -0.2) is 57.1 Å². The first-order valence-corrected chi connectivity index (χ1v) is 7.64. The molecule has 1 saturated heterocycles. The first-order chi connectivity index (χ1) is 9.57. The highest BCUT2D eigenvalue weighted by molar-refractivity contribution is 7.89. The maximum atomic E-state index is 12.5. The number of nitrogens with zero attached hydrogens (tertiary/aromatic N) is 3. The van der Waals surface area contributed by atoms with Crippen molar-refractivity contribution in [3.05, 3.63) is 24.0 Å². The molecule has 7 nitrogen and oxygen atoms in total. The molecule has 1 fully saturated rings. The molecule has 0 amide bonds. The van der Waals surface area contributed by atoms with Crippen molar-refractivity contribution >= 4 is 10.0 Å². The summed E-state index contributed by atoms with van der Waals surface area (Å²) in [6, 6.07) is 4.67. The number of ether oxygens (including phenoxy) is 1. The van der Waals surface area contributed by atoms with Crippen LogP contribution in [-0.2, 0) is 14.8 Å². The lowest BCUT2D eigenvalue weighted by atomic mass is 10.3. The van der Waals surface area contributed by atoms with Gasteiger partial charge < -0.3 is 10.1 Å². The minimum atomic E-state index is -3.58. The van der Waals surface area contributed by atoms with Gasteiger partial charge >= 0.3 is 0 Å². The summed E-state index contributed by atoms with van der Waals surface area (Å²) < 4.78 is 31.8. The van der Waals surface area contributed by atoms with Gasteiger partial charge in [-0.25, -0.2) is 13.4 Å². The second kappa shape index (κ2) is 6.28.